The number of carbonyl (C=O) groups is 1. The highest BCUT2D eigenvalue weighted by Crippen LogP contribution is 2.60. The summed E-state index contributed by atoms with van der Waals surface area (Å²) < 4.78 is 10.6. The number of carbonyl (C=O) groups excluding carboxylic acids is 1. The van der Waals surface area contributed by atoms with Crippen molar-refractivity contribution in [1.29, 1.82) is 0 Å². The van der Waals surface area contributed by atoms with Gasteiger partial charge in [-0.15, -0.1) is 0 Å². The van der Waals surface area contributed by atoms with Gasteiger partial charge in [-0.25, -0.2) is 5.43 Å². The molecular weight excluding hydrogens is 316 g/mol. The molecule has 1 N–H and O–H groups in total. The average molecular weight is 342 g/mol. The molecule has 4 bridgehead atoms. The van der Waals surface area contributed by atoms with Gasteiger partial charge in [-0.1, -0.05) is 0 Å². The first-order valence-electron chi connectivity index (χ1n) is 9.17. The van der Waals surface area contributed by atoms with Gasteiger partial charge >= 0.3 is 0 Å². The first-order valence-corrected chi connectivity index (χ1v) is 9.17. The molecule has 0 saturated heterocycles. The Bertz CT molecular complexity index is 663. The fourth-order valence-corrected chi connectivity index (χ4v) is 5.61. The second kappa shape index (κ2) is 6.36. The topological polar surface area (TPSA) is 59.9 Å². The molecule has 1 aromatic rings. The van der Waals surface area contributed by atoms with Crippen LogP contribution in [-0.4, -0.2) is 26.3 Å². The van der Waals surface area contributed by atoms with E-state index in [0.717, 1.165) is 48.3 Å². The Kier molecular flexibility index (Phi) is 4.18. The third kappa shape index (κ3) is 3.00. The molecule has 25 heavy (non-hydrogen) atoms. The van der Waals surface area contributed by atoms with E-state index in [4.69, 9.17) is 9.47 Å². The number of ether oxygens (including phenoxy) is 2. The number of benzene rings is 1. The number of hydrogen-bond acceptors (Lipinski definition) is 4. The van der Waals surface area contributed by atoms with Crippen LogP contribution in [0.2, 0.25) is 0 Å². The Morgan fingerprint density at radius 3 is 2.32 bits per heavy atom. The van der Waals surface area contributed by atoms with Gasteiger partial charge in [0.25, 0.3) is 0 Å². The SMILES string of the molecule is COc1ccc(OC)c(/C=N/NC(=O)C23CC4CC(CC(C4)C2)C3)c1. The molecule has 5 rings (SSSR count). The van der Waals surface area contributed by atoms with Gasteiger partial charge in [-0.3, -0.25) is 4.79 Å². The van der Waals surface area contributed by atoms with E-state index in [1.54, 1.807) is 20.4 Å². The zero-order valence-corrected chi connectivity index (χ0v) is 15.0. The average Bonchev–Trinajstić information content (AvgIpc) is 2.60. The fraction of sp³-hybridized carbons (Fsp3) is 0.600. The van der Waals surface area contributed by atoms with Crippen molar-refractivity contribution >= 4 is 12.1 Å². The Morgan fingerprint density at radius 2 is 1.76 bits per heavy atom. The van der Waals surface area contributed by atoms with Gasteiger partial charge in [0, 0.05) is 5.56 Å². The lowest BCUT2D eigenvalue weighted by molar-refractivity contribution is -0.146. The molecular formula is C20H26N2O3. The van der Waals surface area contributed by atoms with Crippen molar-refractivity contribution in [1.82, 2.24) is 5.43 Å². The van der Waals surface area contributed by atoms with Crippen LogP contribution >= 0.6 is 0 Å². The van der Waals surface area contributed by atoms with Gasteiger partial charge in [-0.05, 0) is 74.5 Å². The van der Waals surface area contributed by atoms with E-state index in [2.05, 4.69) is 10.5 Å². The van der Waals surface area contributed by atoms with Crippen LogP contribution in [0.15, 0.2) is 23.3 Å². The maximum absolute atomic E-state index is 12.9. The summed E-state index contributed by atoms with van der Waals surface area (Å²) in [5, 5.41) is 4.22. The highest BCUT2D eigenvalue weighted by molar-refractivity contribution is 5.87. The predicted octanol–water partition coefficient (Wildman–Crippen LogP) is 3.37. The van der Waals surface area contributed by atoms with Gasteiger partial charge in [0.05, 0.1) is 25.8 Å². The van der Waals surface area contributed by atoms with Gasteiger partial charge in [0.2, 0.25) is 5.91 Å². The minimum absolute atomic E-state index is 0.102. The predicted molar refractivity (Wildman–Crippen MR) is 95.9 cm³/mol. The molecule has 4 aliphatic carbocycles. The lowest BCUT2D eigenvalue weighted by Crippen LogP contribution is -2.52. The van der Waals surface area contributed by atoms with Crippen LogP contribution < -0.4 is 14.9 Å². The van der Waals surface area contributed by atoms with E-state index in [1.165, 1.54) is 19.3 Å². The number of amides is 1. The summed E-state index contributed by atoms with van der Waals surface area (Å²) >= 11 is 0. The highest BCUT2D eigenvalue weighted by Gasteiger charge is 2.54. The molecule has 1 aromatic carbocycles. The first-order chi connectivity index (χ1) is 12.1. The van der Waals surface area contributed by atoms with E-state index < -0.39 is 0 Å². The molecule has 0 aliphatic heterocycles. The molecule has 134 valence electrons. The van der Waals surface area contributed by atoms with Gasteiger partial charge in [0.1, 0.15) is 11.5 Å². The van der Waals surface area contributed by atoms with Crippen molar-refractivity contribution in [2.75, 3.05) is 14.2 Å². The van der Waals surface area contributed by atoms with Crippen LogP contribution in [-0.2, 0) is 4.79 Å². The standard InChI is InChI=1S/C20H26N2O3/c1-24-17-3-4-18(25-2)16(8-17)12-21-22-19(23)20-9-13-5-14(10-20)7-15(6-13)11-20/h3-4,8,12-15H,5-7,9-11H2,1-2H3,(H,22,23)/b21-12+. The van der Waals surface area contributed by atoms with E-state index in [1.807, 2.05) is 18.2 Å². The van der Waals surface area contributed by atoms with Crippen LogP contribution in [0.5, 0.6) is 11.5 Å². The minimum atomic E-state index is -0.176. The summed E-state index contributed by atoms with van der Waals surface area (Å²) in [5.41, 5.74) is 3.42. The highest BCUT2D eigenvalue weighted by atomic mass is 16.5. The number of hydrogen-bond donors (Lipinski definition) is 1. The minimum Gasteiger partial charge on any atom is -0.497 e. The Balaban J connectivity index is 1.46. The van der Waals surface area contributed by atoms with Crippen molar-refractivity contribution < 1.29 is 14.3 Å². The normalized spacial score (nSPS) is 32.8. The van der Waals surface area contributed by atoms with Crippen molar-refractivity contribution in [3.63, 3.8) is 0 Å². The molecule has 0 radical (unpaired) electrons. The van der Waals surface area contributed by atoms with Crippen molar-refractivity contribution in [3.8, 4) is 11.5 Å². The summed E-state index contributed by atoms with van der Waals surface area (Å²) in [4.78, 5) is 12.9. The second-order valence-electron chi connectivity index (χ2n) is 8.00. The van der Waals surface area contributed by atoms with Crippen LogP contribution in [0.1, 0.15) is 44.1 Å². The molecule has 5 nitrogen and oxygen atoms in total. The Hall–Kier alpha value is -2.04. The van der Waals surface area contributed by atoms with Gasteiger partial charge < -0.3 is 9.47 Å². The van der Waals surface area contributed by atoms with Crippen LogP contribution in [0.3, 0.4) is 0 Å². The summed E-state index contributed by atoms with van der Waals surface area (Å²) in [7, 11) is 3.24. The monoisotopic (exact) mass is 342 g/mol. The lowest BCUT2D eigenvalue weighted by atomic mass is 9.49. The molecule has 0 unspecified atom stereocenters. The number of nitrogens with one attached hydrogen (secondary N) is 1. The quantitative estimate of drug-likeness (QED) is 0.659. The van der Waals surface area contributed by atoms with Crippen LogP contribution in [0.4, 0.5) is 0 Å². The zero-order valence-electron chi connectivity index (χ0n) is 15.0. The maximum Gasteiger partial charge on any atom is 0.246 e. The third-order valence-electron chi connectivity index (χ3n) is 6.33. The number of nitrogens with zero attached hydrogens (tertiary/aromatic N) is 1. The summed E-state index contributed by atoms with van der Waals surface area (Å²) in [6, 6.07) is 5.52. The first kappa shape index (κ1) is 16.4. The van der Waals surface area contributed by atoms with E-state index >= 15 is 0 Å². The van der Waals surface area contributed by atoms with Gasteiger partial charge in [-0.2, -0.15) is 5.10 Å². The fourth-order valence-electron chi connectivity index (χ4n) is 5.61. The molecule has 1 amide bonds. The molecule has 0 spiro atoms. The Morgan fingerprint density at radius 1 is 1.12 bits per heavy atom. The third-order valence-corrected chi connectivity index (χ3v) is 6.33. The molecule has 4 saturated carbocycles. The van der Waals surface area contributed by atoms with Crippen molar-refractivity contribution in [2.45, 2.75) is 38.5 Å². The summed E-state index contributed by atoms with van der Waals surface area (Å²) in [6.07, 6.45) is 8.76. The lowest BCUT2D eigenvalue weighted by Gasteiger charge is -2.55. The second-order valence-corrected chi connectivity index (χ2v) is 8.00. The molecule has 4 fully saturated rings. The summed E-state index contributed by atoms with van der Waals surface area (Å²) in [5.74, 6) is 3.78. The van der Waals surface area contributed by atoms with Crippen molar-refractivity contribution in [2.24, 2.45) is 28.3 Å². The van der Waals surface area contributed by atoms with Crippen molar-refractivity contribution in [3.05, 3.63) is 23.8 Å². The number of rotatable bonds is 5. The number of hydrazone groups is 1. The Labute approximate surface area is 148 Å². The molecule has 5 heteroatoms. The zero-order chi connectivity index (χ0) is 17.4. The van der Waals surface area contributed by atoms with Crippen LogP contribution in [0.25, 0.3) is 0 Å². The number of methoxy groups -OCH3 is 2. The van der Waals surface area contributed by atoms with E-state index in [0.29, 0.717) is 5.75 Å². The van der Waals surface area contributed by atoms with Gasteiger partial charge in [0.15, 0.2) is 0 Å². The maximum atomic E-state index is 12.9. The smallest absolute Gasteiger partial charge is 0.246 e. The molecule has 0 aromatic heterocycles. The largest absolute Gasteiger partial charge is 0.497 e. The molecule has 0 atom stereocenters. The van der Waals surface area contributed by atoms with E-state index in [-0.39, 0.29) is 11.3 Å². The molecule has 0 heterocycles. The van der Waals surface area contributed by atoms with Crippen LogP contribution in [0, 0.1) is 23.2 Å². The summed E-state index contributed by atoms with van der Waals surface area (Å²) in [6.45, 7) is 0. The van der Waals surface area contributed by atoms with E-state index in [9.17, 15) is 4.79 Å². The molecule has 4 aliphatic rings.